The molecule has 10 heteroatoms. The van der Waals surface area contributed by atoms with E-state index in [1.165, 1.54) is 22.9 Å². The van der Waals surface area contributed by atoms with Crippen LogP contribution in [-0.4, -0.2) is 18.9 Å². The van der Waals surface area contributed by atoms with Gasteiger partial charge in [-0.05, 0) is 18.2 Å². The molecule has 2 aromatic rings. The molecular weight excluding hydrogens is 299 g/mol. The maximum atomic E-state index is 12.2. The smallest absolute Gasteiger partial charge is 0.399 e. The Hall–Kier alpha value is -2.23. The number of alkyl halides is 3. The predicted octanol–water partition coefficient (Wildman–Crippen LogP) is 1.37. The van der Waals surface area contributed by atoms with Crippen LogP contribution in [0.15, 0.2) is 29.1 Å². The molecule has 0 aliphatic carbocycles. The van der Waals surface area contributed by atoms with E-state index in [-0.39, 0.29) is 5.52 Å². The van der Waals surface area contributed by atoms with Crippen LogP contribution in [0.2, 0.25) is 0 Å². The number of nitrogens with one attached hydrogen (secondary N) is 2. The van der Waals surface area contributed by atoms with E-state index in [1.54, 1.807) is 0 Å². The summed E-state index contributed by atoms with van der Waals surface area (Å²) in [6, 6.07) is 5.30. The van der Waals surface area contributed by atoms with Crippen LogP contribution in [0.25, 0.3) is 10.9 Å². The molecule has 0 saturated heterocycles. The van der Waals surface area contributed by atoms with Gasteiger partial charge in [0.2, 0.25) is 0 Å². The van der Waals surface area contributed by atoms with Crippen LogP contribution in [0, 0.1) is 0 Å². The summed E-state index contributed by atoms with van der Waals surface area (Å²) in [5.41, 5.74) is -1.12. The number of aromatic amines is 1. The van der Waals surface area contributed by atoms with E-state index in [9.17, 15) is 26.4 Å². The van der Waals surface area contributed by atoms with Gasteiger partial charge in [-0.2, -0.15) is 21.6 Å². The van der Waals surface area contributed by atoms with Gasteiger partial charge >= 0.3 is 15.5 Å². The van der Waals surface area contributed by atoms with Crippen LogP contribution in [0.1, 0.15) is 0 Å². The number of nitrogens with two attached hydrogens (primary N) is 1. The van der Waals surface area contributed by atoms with Crippen molar-refractivity contribution in [1.82, 2.24) is 4.98 Å². The van der Waals surface area contributed by atoms with E-state index in [2.05, 4.69) is 4.98 Å². The first-order valence-corrected chi connectivity index (χ1v) is 6.60. The Bertz CT molecular complexity index is 827. The van der Waals surface area contributed by atoms with Crippen LogP contribution in [-0.2, 0) is 10.0 Å². The summed E-state index contributed by atoms with van der Waals surface area (Å²) in [6.45, 7) is 0. The lowest BCUT2D eigenvalue weighted by Gasteiger charge is -2.10. The minimum absolute atomic E-state index is 0.282. The number of rotatable bonds is 2. The van der Waals surface area contributed by atoms with E-state index in [0.29, 0.717) is 11.1 Å². The molecule has 0 aliphatic heterocycles. The predicted molar refractivity (Wildman–Crippen MR) is 67.6 cm³/mol. The van der Waals surface area contributed by atoms with Gasteiger partial charge in [-0.3, -0.25) is 9.52 Å². The van der Waals surface area contributed by atoms with Gasteiger partial charge in [0.05, 0.1) is 5.52 Å². The minimum Gasteiger partial charge on any atom is -0.399 e. The highest BCUT2D eigenvalue weighted by molar-refractivity contribution is 7.93. The van der Waals surface area contributed by atoms with Gasteiger partial charge in [0.15, 0.2) is 0 Å². The largest absolute Gasteiger partial charge is 0.516 e. The van der Waals surface area contributed by atoms with Crippen molar-refractivity contribution in [3.8, 4) is 0 Å². The summed E-state index contributed by atoms with van der Waals surface area (Å²) in [5, 5.41) is 0.332. The number of H-pyrrole nitrogens is 1. The lowest BCUT2D eigenvalue weighted by Crippen LogP contribution is -2.32. The second kappa shape index (κ2) is 4.40. The highest BCUT2D eigenvalue weighted by Crippen LogP contribution is 2.25. The molecule has 0 fully saturated rings. The molecule has 0 spiro atoms. The number of sulfonamides is 1. The van der Waals surface area contributed by atoms with Crippen molar-refractivity contribution in [2.24, 2.45) is 0 Å². The van der Waals surface area contributed by atoms with Crippen molar-refractivity contribution in [3.05, 3.63) is 34.6 Å². The Labute approximate surface area is 110 Å². The number of halogens is 3. The molecular formula is C10H8F3N3O3S. The third-order valence-corrected chi connectivity index (χ3v) is 3.52. The quantitative estimate of drug-likeness (QED) is 0.729. The Balaban J connectivity index is 2.54. The lowest BCUT2D eigenvalue weighted by atomic mass is 10.2. The Morgan fingerprint density at radius 3 is 2.45 bits per heavy atom. The van der Waals surface area contributed by atoms with Gasteiger partial charge < -0.3 is 10.7 Å². The van der Waals surface area contributed by atoms with E-state index >= 15 is 0 Å². The summed E-state index contributed by atoms with van der Waals surface area (Å²) >= 11 is 0. The number of benzene rings is 1. The van der Waals surface area contributed by atoms with Crippen LogP contribution in [0.3, 0.4) is 0 Å². The highest BCUT2D eigenvalue weighted by Gasteiger charge is 2.46. The standard InChI is InChI=1S/C10H8F3N3O3S/c11-10(12,13)20(18,19)16-8-3-5-1-2-6(14)4-7(5)15-9(8)17/h1-4,16H,14H2,(H,15,17). The number of hydrogen-bond donors (Lipinski definition) is 3. The zero-order valence-corrected chi connectivity index (χ0v) is 10.5. The Morgan fingerprint density at radius 2 is 1.85 bits per heavy atom. The number of fused-ring (bicyclic) bond motifs is 1. The van der Waals surface area contributed by atoms with E-state index in [4.69, 9.17) is 5.73 Å². The fourth-order valence-corrected chi connectivity index (χ4v) is 2.05. The maximum absolute atomic E-state index is 12.2. The average molecular weight is 307 g/mol. The molecule has 1 aromatic carbocycles. The van der Waals surface area contributed by atoms with Crippen molar-refractivity contribution >= 4 is 32.3 Å². The van der Waals surface area contributed by atoms with Crippen LogP contribution in [0.4, 0.5) is 24.5 Å². The fourth-order valence-electron chi connectivity index (χ4n) is 1.50. The summed E-state index contributed by atoms with van der Waals surface area (Å²) in [7, 11) is -5.64. The maximum Gasteiger partial charge on any atom is 0.516 e. The number of hydrogen-bond acceptors (Lipinski definition) is 4. The zero-order valence-electron chi connectivity index (χ0n) is 9.65. The zero-order chi connectivity index (χ0) is 15.1. The molecule has 0 unspecified atom stereocenters. The molecule has 0 saturated carbocycles. The molecule has 1 aromatic heterocycles. The normalized spacial score (nSPS) is 12.6. The SMILES string of the molecule is Nc1ccc2cc(NS(=O)(=O)C(F)(F)F)c(=O)[nH]c2c1. The molecule has 0 bridgehead atoms. The van der Waals surface area contributed by atoms with Crippen molar-refractivity contribution in [3.63, 3.8) is 0 Å². The first-order valence-electron chi connectivity index (χ1n) is 5.12. The summed E-state index contributed by atoms with van der Waals surface area (Å²) in [6.07, 6.45) is 0. The van der Waals surface area contributed by atoms with Crippen LogP contribution >= 0.6 is 0 Å². The molecule has 20 heavy (non-hydrogen) atoms. The van der Waals surface area contributed by atoms with Crippen LogP contribution < -0.4 is 16.0 Å². The highest BCUT2D eigenvalue weighted by atomic mass is 32.2. The number of pyridine rings is 1. The second-order valence-electron chi connectivity index (χ2n) is 3.91. The summed E-state index contributed by atoms with van der Waals surface area (Å²) in [5.74, 6) is 0. The molecule has 0 amide bonds. The van der Waals surface area contributed by atoms with E-state index in [0.717, 1.165) is 6.07 Å². The lowest BCUT2D eigenvalue weighted by molar-refractivity contribution is -0.0429. The second-order valence-corrected chi connectivity index (χ2v) is 5.58. The topological polar surface area (TPSA) is 105 Å². The van der Waals surface area contributed by atoms with Gasteiger partial charge in [0.1, 0.15) is 5.69 Å². The molecule has 108 valence electrons. The van der Waals surface area contributed by atoms with Gasteiger partial charge in [0.25, 0.3) is 5.56 Å². The molecule has 0 aliphatic rings. The Kier molecular flexibility index (Phi) is 3.12. The minimum atomic E-state index is -5.64. The number of anilines is 2. The summed E-state index contributed by atoms with van der Waals surface area (Å²) in [4.78, 5) is 13.8. The monoisotopic (exact) mass is 307 g/mol. The van der Waals surface area contributed by atoms with Gasteiger partial charge in [-0.25, -0.2) is 0 Å². The van der Waals surface area contributed by atoms with Gasteiger partial charge in [-0.15, -0.1) is 0 Å². The average Bonchev–Trinajstić information content (AvgIpc) is 2.28. The van der Waals surface area contributed by atoms with E-state index in [1.807, 2.05) is 0 Å². The third-order valence-electron chi connectivity index (χ3n) is 2.42. The molecule has 0 atom stereocenters. The molecule has 0 radical (unpaired) electrons. The van der Waals surface area contributed by atoms with E-state index < -0.39 is 26.8 Å². The Morgan fingerprint density at radius 1 is 1.20 bits per heavy atom. The van der Waals surface area contributed by atoms with Crippen molar-refractivity contribution in [2.75, 3.05) is 10.5 Å². The third kappa shape index (κ3) is 2.54. The molecule has 4 N–H and O–H groups in total. The molecule has 6 nitrogen and oxygen atoms in total. The van der Waals surface area contributed by atoms with Gasteiger partial charge in [-0.1, -0.05) is 6.07 Å². The van der Waals surface area contributed by atoms with Crippen molar-refractivity contribution in [1.29, 1.82) is 0 Å². The van der Waals surface area contributed by atoms with Crippen LogP contribution in [0.5, 0.6) is 0 Å². The molecule has 2 rings (SSSR count). The van der Waals surface area contributed by atoms with Crippen molar-refractivity contribution < 1.29 is 21.6 Å². The first-order chi connectivity index (χ1) is 9.10. The summed E-state index contributed by atoms with van der Waals surface area (Å²) < 4.78 is 59.8. The fraction of sp³-hybridized carbons (Fsp3) is 0.100. The number of nitrogen functional groups attached to an aromatic ring is 1. The molecule has 1 heterocycles. The first kappa shape index (κ1) is 14.2. The van der Waals surface area contributed by atoms with Crippen molar-refractivity contribution in [2.45, 2.75) is 5.51 Å². The number of aromatic nitrogens is 1. The van der Waals surface area contributed by atoms with Gasteiger partial charge in [0, 0.05) is 11.1 Å².